The van der Waals surface area contributed by atoms with Gasteiger partial charge in [0.05, 0.1) is 31.0 Å². The van der Waals surface area contributed by atoms with Crippen LogP contribution in [0.15, 0.2) is 36.4 Å². The Labute approximate surface area is 128 Å². The average Bonchev–Trinajstić information content (AvgIpc) is 2.79. The predicted octanol–water partition coefficient (Wildman–Crippen LogP) is 6.00. The van der Waals surface area contributed by atoms with Crippen LogP contribution in [-0.2, 0) is 0 Å². The SMILES string of the molecule is Clc1cccc(Nc2nc3cccc(Cl)c3s2)c1Cl. The fourth-order valence-corrected chi connectivity index (χ4v) is 3.20. The summed E-state index contributed by atoms with van der Waals surface area (Å²) in [6, 6.07) is 11.1. The van der Waals surface area contributed by atoms with Crippen LogP contribution in [0.4, 0.5) is 10.8 Å². The number of hydrogen-bond donors (Lipinski definition) is 1. The third-order valence-corrected chi connectivity index (χ3v) is 4.83. The Morgan fingerprint density at radius 3 is 2.47 bits per heavy atom. The molecule has 6 heteroatoms. The molecule has 0 amide bonds. The molecule has 2 nitrogen and oxygen atoms in total. The molecule has 3 rings (SSSR count). The number of nitrogens with one attached hydrogen (secondary N) is 1. The van der Waals surface area contributed by atoms with Gasteiger partial charge in [-0.25, -0.2) is 4.98 Å². The van der Waals surface area contributed by atoms with Gasteiger partial charge >= 0.3 is 0 Å². The first-order valence-electron chi connectivity index (χ1n) is 5.41. The van der Waals surface area contributed by atoms with Crippen molar-refractivity contribution >= 4 is 67.2 Å². The van der Waals surface area contributed by atoms with Crippen molar-refractivity contribution in [2.45, 2.75) is 0 Å². The lowest BCUT2D eigenvalue weighted by atomic mass is 10.3. The minimum absolute atomic E-state index is 0.481. The fraction of sp³-hybridized carbons (Fsp3) is 0. The summed E-state index contributed by atoms with van der Waals surface area (Å²) in [7, 11) is 0. The van der Waals surface area contributed by atoms with Crippen LogP contribution in [0.2, 0.25) is 15.1 Å². The Bertz CT molecular complexity index is 755. The molecule has 0 aliphatic carbocycles. The number of hydrogen-bond acceptors (Lipinski definition) is 3. The molecule has 1 heterocycles. The summed E-state index contributed by atoms with van der Waals surface area (Å²) in [6.45, 7) is 0. The molecule has 0 atom stereocenters. The van der Waals surface area contributed by atoms with Gasteiger partial charge < -0.3 is 5.32 Å². The van der Waals surface area contributed by atoms with E-state index < -0.39 is 0 Å². The van der Waals surface area contributed by atoms with Gasteiger partial charge in [-0.05, 0) is 24.3 Å². The Hall–Kier alpha value is -1.000. The van der Waals surface area contributed by atoms with E-state index in [-0.39, 0.29) is 0 Å². The first-order chi connectivity index (χ1) is 9.15. The van der Waals surface area contributed by atoms with Crippen LogP contribution in [0.3, 0.4) is 0 Å². The van der Waals surface area contributed by atoms with Crippen molar-refractivity contribution in [2.24, 2.45) is 0 Å². The Morgan fingerprint density at radius 1 is 0.947 bits per heavy atom. The van der Waals surface area contributed by atoms with E-state index in [9.17, 15) is 0 Å². The molecule has 1 N–H and O–H groups in total. The number of aromatic nitrogens is 1. The minimum Gasteiger partial charge on any atom is -0.330 e. The van der Waals surface area contributed by atoms with E-state index in [1.165, 1.54) is 11.3 Å². The first kappa shape index (κ1) is 13.0. The molecule has 0 fully saturated rings. The lowest BCUT2D eigenvalue weighted by molar-refractivity contribution is 1.44. The number of nitrogens with zero attached hydrogens (tertiary/aromatic N) is 1. The zero-order valence-corrected chi connectivity index (χ0v) is 12.5. The zero-order valence-electron chi connectivity index (χ0n) is 9.45. The van der Waals surface area contributed by atoms with Crippen molar-refractivity contribution in [1.29, 1.82) is 0 Å². The van der Waals surface area contributed by atoms with Crippen LogP contribution in [0, 0.1) is 0 Å². The van der Waals surface area contributed by atoms with E-state index in [1.54, 1.807) is 6.07 Å². The highest BCUT2D eigenvalue weighted by molar-refractivity contribution is 7.22. The predicted molar refractivity (Wildman–Crippen MR) is 84.4 cm³/mol. The van der Waals surface area contributed by atoms with Crippen LogP contribution in [-0.4, -0.2) is 4.98 Å². The van der Waals surface area contributed by atoms with Crippen molar-refractivity contribution in [3.8, 4) is 0 Å². The highest BCUT2D eigenvalue weighted by Gasteiger charge is 2.09. The van der Waals surface area contributed by atoms with Gasteiger partial charge in [0.1, 0.15) is 0 Å². The van der Waals surface area contributed by atoms with Gasteiger partial charge in [-0.2, -0.15) is 0 Å². The molecule has 0 spiro atoms. The molecular weight excluding hydrogens is 323 g/mol. The van der Waals surface area contributed by atoms with E-state index in [2.05, 4.69) is 10.3 Å². The molecule has 0 aliphatic rings. The van der Waals surface area contributed by atoms with E-state index in [4.69, 9.17) is 34.8 Å². The van der Waals surface area contributed by atoms with E-state index >= 15 is 0 Å². The maximum atomic E-state index is 6.13. The molecule has 3 aromatic rings. The summed E-state index contributed by atoms with van der Waals surface area (Å²) in [4.78, 5) is 4.46. The topological polar surface area (TPSA) is 24.9 Å². The van der Waals surface area contributed by atoms with Crippen molar-refractivity contribution < 1.29 is 0 Å². The van der Waals surface area contributed by atoms with Crippen molar-refractivity contribution in [3.05, 3.63) is 51.5 Å². The molecule has 0 saturated heterocycles. The second kappa shape index (κ2) is 5.17. The fourth-order valence-electron chi connectivity index (χ4n) is 1.68. The molecule has 0 radical (unpaired) electrons. The smallest absolute Gasteiger partial charge is 0.188 e. The molecule has 0 aliphatic heterocycles. The van der Waals surface area contributed by atoms with Crippen LogP contribution in [0.5, 0.6) is 0 Å². The molecule has 0 saturated carbocycles. The lowest BCUT2D eigenvalue weighted by Crippen LogP contribution is -1.90. The second-order valence-corrected chi connectivity index (χ2v) is 6.02. The number of fused-ring (bicyclic) bond motifs is 1. The first-order valence-corrected chi connectivity index (χ1v) is 7.36. The monoisotopic (exact) mass is 328 g/mol. The molecule has 96 valence electrons. The van der Waals surface area contributed by atoms with Gasteiger partial charge in [0, 0.05) is 0 Å². The molecular formula is C13H7Cl3N2S. The molecule has 1 aromatic heterocycles. The van der Waals surface area contributed by atoms with Crippen molar-refractivity contribution in [3.63, 3.8) is 0 Å². The van der Waals surface area contributed by atoms with Gasteiger partial charge in [-0.15, -0.1) is 0 Å². The largest absolute Gasteiger partial charge is 0.330 e. The average molecular weight is 330 g/mol. The van der Waals surface area contributed by atoms with Gasteiger partial charge in [0.15, 0.2) is 5.13 Å². The normalized spacial score (nSPS) is 10.9. The third-order valence-electron chi connectivity index (χ3n) is 2.56. The molecule has 2 aromatic carbocycles. The summed E-state index contributed by atoms with van der Waals surface area (Å²) >= 11 is 19.7. The molecule has 0 bridgehead atoms. The molecule has 0 unspecified atom stereocenters. The summed E-state index contributed by atoms with van der Waals surface area (Å²) in [6.07, 6.45) is 0. The van der Waals surface area contributed by atoms with E-state index in [0.29, 0.717) is 15.1 Å². The Morgan fingerprint density at radius 2 is 1.68 bits per heavy atom. The highest BCUT2D eigenvalue weighted by Crippen LogP contribution is 2.36. The van der Waals surface area contributed by atoms with E-state index in [0.717, 1.165) is 21.0 Å². The van der Waals surface area contributed by atoms with Crippen molar-refractivity contribution in [2.75, 3.05) is 5.32 Å². The van der Waals surface area contributed by atoms with Crippen LogP contribution >= 0.6 is 46.1 Å². The number of anilines is 2. The second-order valence-electron chi connectivity index (χ2n) is 3.83. The summed E-state index contributed by atoms with van der Waals surface area (Å²) in [5.41, 5.74) is 1.59. The Kier molecular flexibility index (Phi) is 3.54. The van der Waals surface area contributed by atoms with Crippen LogP contribution < -0.4 is 5.32 Å². The number of thiazole rings is 1. The Balaban J connectivity index is 2.02. The van der Waals surface area contributed by atoms with Gasteiger partial charge in [-0.1, -0.05) is 58.3 Å². The number of halogens is 3. The highest BCUT2D eigenvalue weighted by atomic mass is 35.5. The quantitative estimate of drug-likeness (QED) is 0.623. The lowest BCUT2D eigenvalue weighted by Gasteiger charge is -2.05. The standard InChI is InChI=1S/C13H7Cl3N2S/c14-7-3-1-5-9(11(7)16)17-13-18-10-6-2-4-8(15)12(10)19-13/h1-6H,(H,17,18). The summed E-state index contributed by atoms with van der Waals surface area (Å²) in [5, 5.41) is 5.57. The van der Waals surface area contributed by atoms with Crippen LogP contribution in [0.25, 0.3) is 10.2 Å². The maximum absolute atomic E-state index is 6.13. The zero-order chi connectivity index (χ0) is 13.4. The van der Waals surface area contributed by atoms with Gasteiger partial charge in [0.2, 0.25) is 0 Å². The van der Waals surface area contributed by atoms with Gasteiger partial charge in [0.25, 0.3) is 0 Å². The maximum Gasteiger partial charge on any atom is 0.188 e. The van der Waals surface area contributed by atoms with Crippen molar-refractivity contribution in [1.82, 2.24) is 4.98 Å². The summed E-state index contributed by atoms with van der Waals surface area (Å²) < 4.78 is 0.949. The number of benzene rings is 2. The summed E-state index contributed by atoms with van der Waals surface area (Å²) in [5.74, 6) is 0. The van der Waals surface area contributed by atoms with E-state index in [1.807, 2.05) is 30.3 Å². The third kappa shape index (κ3) is 2.51. The van der Waals surface area contributed by atoms with Crippen LogP contribution in [0.1, 0.15) is 0 Å². The van der Waals surface area contributed by atoms with Gasteiger partial charge in [-0.3, -0.25) is 0 Å². The molecule has 19 heavy (non-hydrogen) atoms. The number of rotatable bonds is 2. The minimum atomic E-state index is 0.481.